The molecule has 0 aliphatic heterocycles. The molecule has 0 radical (unpaired) electrons. The van der Waals surface area contributed by atoms with Crippen LogP contribution in [0.15, 0.2) is 77.6 Å². The van der Waals surface area contributed by atoms with E-state index < -0.39 is 18.0 Å². The Morgan fingerprint density at radius 1 is 0.938 bits per heavy atom. The first kappa shape index (κ1) is 21.1. The Morgan fingerprint density at radius 3 is 2.34 bits per heavy atom. The van der Waals surface area contributed by atoms with Crippen molar-refractivity contribution in [2.45, 2.75) is 20.0 Å². The zero-order valence-electron chi connectivity index (χ0n) is 18.0. The van der Waals surface area contributed by atoms with Crippen molar-refractivity contribution in [1.82, 2.24) is 9.36 Å². The lowest BCUT2D eigenvalue weighted by atomic mass is 10.0. The average molecular weight is 429 g/mol. The number of amides is 1. The third-order valence-corrected chi connectivity index (χ3v) is 5.47. The minimum Gasteiger partial charge on any atom is -0.449 e. The predicted octanol–water partition coefficient (Wildman–Crippen LogP) is 3.82. The van der Waals surface area contributed by atoms with Crippen LogP contribution in [0.1, 0.15) is 23.0 Å². The van der Waals surface area contributed by atoms with Gasteiger partial charge in [-0.2, -0.15) is 0 Å². The van der Waals surface area contributed by atoms with Gasteiger partial charge in [0.05, 0.1) is 16.9 Å². The third-order valence-electron chi connectivity index (χ3n) is 5.47. The second-order valence-electron chi connectivity index (χ2n) is 7.50. The highest BCUT2D eigenvalue weighted by Gasteiger charge is 2.24. The maximum atomic E-state index is 13.0. The number of anilines is 1. The van der Waals surface area contributed by atoms with Crippen molar-refractivity contribution < 1.29 is 14.3 Å². The number of nitrogens with one attached hydrogen (secondary N) is 1. The van der Waals surface area contributed by atoms with E-state index in [1.807, 2.05) is 48.5 Å². The lowest BCUT2D eigenvalue weighted by Gasteiger charge is -2.14. The first-order chi connectivity index (χ1) is 15.4. The summed E-state index contributed by atoms with van der Waals surface area (Å²) in [6.07, 6.45) is -1.09. The van der Waals surface area contributed by atoms with Crippen molar-refractivity contribution in [3.05, 3.63) is 94.4 Å². The summed E-state index contributed by atoms with van der Waals surface area (Å²) in [6.45, 7) is 3.22. The maximum Gasteiger partial charge on any atom is 0.339 e. The van der Waals surface area contributed by atoms with Crippen LogP contribution < -0.4 is 10.9 Å². The van der Waals surface area contributed by atoms with Crippen LogP contribution in [0, 0.1) is 6.92 Å². The average Bonchev–Trinajstić information content (AvgIpc) is 3.02. The monoisotopic (exact) mass is 429 g/mol. The molecule has 7 heteroatoms. The molecule has 0 fully saturated rings. The maximum absolute atomic E-state index is 13.0. The van der Waals surface area contributed by atoms with Crippen LogP contribution in [-0.4, -0.2) is 27.3 Å². The molecule has 4 aromatic rings. The van der Waals surface area contributed by atoms with Crippen molar-refractivity contribution in [2.24, 2.45) is 7.05 Å². The summed E-state index contributed by atoms with van der Waals surface area (Å²) >= 11 is 0. The molecule has 1 unspecified atom stereocenters. The molecule has 1 aromatic heterocycles. The summed E-state index contributed by atoms with van der Waals surface area (Å²) in [6, 6.07) is 21.9. The van der Waals surface area contributed by atoms with E-state index >= 15 is 0 Å². The lowest BCUT2D eigenvalue weighted by Crippen LogP contribution is -2.32. The Labute approximate surface area is 184 Å². The van der Waals surface area contributed by atoms with Crippen molar-refractivity contribution >= 4 is 28.3 Å². The predicted molar refractivity (Wildman–Crippen MR) is 123 cm³/mol. The summed E-state index contributed by atoms with van der Waals surface area (Å²) in [5.41, 5.74) is 1.43. The zero-order valence-corrected chi connectivity index (χ0v) is 18.0. The molecular weight excluding hydrogens is 406 g/mol. The van der Waals surface area contributed by atoms with Gasteiger partial charge in [0.2, 0.25) is 0 Å². The zero-order chi connectivity index (χ0) is 22.8. The molecule has 1 atom stereocenters. The van der Waals surface area contributed by atoms with Crippen molar-refractivity contribution in [3.8, 4) is 5.69 Å². The topological polar surface area (TPSA) is 82.3 Å². The van der Waals surface area contributed by atoms with E-state index in [2.05, 4.69) is 5.32 Å². The fourth-order valence-electron chi connectivity index (χ4n) is 3.62. The molecule has 0 aliphatic rings. The molecule has 0 saturated heterocycles. The Kier molecular flexibility index (Phi) is 5.64. The van der Waals surface area contributed by atoms with Gasteiger partial charge in [0.1, 0.15) is 5.69 Å². The van der Waals surface area contributed by atoms with Gasteiger partial charge in [-0.25, -0.2) is 9.48 Å². The number of hydrogen-bond donors (Lipinski definition) is 1. The van der Waals surface area contributed by atoms with E-state index in [0.717, 1.165) is 10.8 Å². The molecule has 32 heavy (non-hydrogen) atoms. The molecular formula is C25H23N3O4. The van der Waals surface area contributed by atoms with E-state index in [4.69, 9.17) is 4.74 Å². The SMILES string of the molecule is Cc1c(NC(=O)C(C)OC(=O)c2cccc3ccccc23)c(=O)n(-c2ccccc2)n1C. The Bertz CT molecular complexity index is 1360. The van der Waals surface area contributed by atoms with E-state index in [1.54, 1.807) is 42.9 Å². The summed E-state index contributed by atoms with van der Waals surface area (Å²) in [7, 11) is 1.74. The quantitative estimate of drug-likeness (QED) is 0.489. The second-order valence-corrected chi connectivity index (χ2v) is 7.50. The number of ether oxygens (including phenoxy) is 1. The summed E-state index contributed by atoms with van der Waals surface area (Å²) in [4.78, 5) is 38.5. The highest BCUT2D eigenvalue weighted by Crippen LogP contribution is 2.20. The molecule has 0 saturated carbocycles. The molecule has 1 amide bonds. The van der Waals surface area contributed by atoms with Crippen LogP contribution in [0.2, 0.25) is 0 Å². The number of carbonyl (C=O) groups is 2. The fraction of sp³-hybridized carbons (Fsp3) is 0.160. The molecule has 162 valence electrons. The molecule has 3 aromatic carbocycles. The number of hydrogen-bond acceptors (Lipinski definition) is 4. The van der Waals surface area contributed by atoms with Crippen LogP contribution in [0.25, 0.3) is 16.5 Å². The Balaban J connectivity index is 1.55. The van der Waals surface area contributed by atoms with E-state index in [-0.39, 0.29) is 11.2 Å². The van der Waals surface area contributed by atoms with Gasteiger partial charge in [0.25, 0.3) is 11.5 Å². The first-order valence-electron chi connectivity index (χ1n) is 10.2. The highest BCUT2D eigenvalue weighted by atomic mass is 16.5. The number of para-hydroxylation sites is 1. The third kappa shape index (κ3) is 3.80. The molecule has 7 nitrogen and oxygen atoms in total. The largest absolute Gasteiger partial charge is 0.449 e. The fourth-order valence-corrected chi connectivity index (χ4v) is 3.62. The smallest absolute Gasteiger partial charge is 0.339 e. The van der Waals surface area contributed by atoms with Gasteiger partial charge in [-0.1, -0.05) is 54.6 Å². The van der Waals surface area contributed by atoms with Crippen molar-refractivity contribution in [1.29, 1.82) is 0 Å². The van der Waals surface area contributed by atoms with Crippen molar-refractivity contribution in [3.63, 3.8) is 0 Å². The van der Waals surface area contributed by atoms with Crippen LogP contribution >= 0.6 is 0 Å². The summed E-state index contributed by atoms with van der Waals surface area (Å²) in [5.74, 6) is -1.18. The number of fused-ring (bicyclic) bond motifs is 1. The molecule has 4 rings (SSSR count). The van der Waals surface area contributed by atoms with Crippen molar-refractivity contribution in [2.75, 3.05) is 5.32 Å². The number of esters is 1. The minimum absolute atomic E-state index is 0.148. The highest BCUT2D eigenvalue weighted by molar-refractivity contribution is 6.05. The molecule has 0 spiro atoms. The van der Waals surface area contributed by atoms with Crippen LogP contribution in [0.4, 0.5) is 5.69 Å². The van der Waals surface area contributed by atoms with Gasteiger partial charge in [0, 0.05) is 7.05 Å². The van der Waals surface area contributed by atoms with Gasteiger partial charge in [-0.05, 0) is 42.8 Å². The van der Waals surface area contributed by atoms with Gasteiger partial charge in [-0.15, -0.1) is 0 Å². The van der Waals surface area contributed by atoms with Crippen LogP contribution in [-0.2, 0) is 16.6 Å². The van der Waals surface area contributed by atoms with Gasteiger partial charge < -0.3 is 10.1 Å². The number of rotatable bonds is 5. The van der Waals surface area contributed by atoms with E-state index in [1.165, 1.54) is 11.6 Å². The Hall–Kier alpha value is -4.13. The number of nitrogens with zero attached hydrogens (tertiary/aromatic N) is 2. The molecule has 0 bridgehead atoms. The standard InChI is InChI=1S/C25H23N3O4/c1-16-22(24(30)28(27(16)3)19-12-5-4-6-13-19)26-23(29)17(2)32-25(31)21-15-9-11-18-10-7-8-14-20(18)21/h4-15,17H,1-3H3,(H,26,29). The number of aromatic nitrogens is 2. The van der Waals surface area contributed by atoms with Gasteiger partial charge in [-0.3, -0.25) is 14.3 Å². The van der Waals surface area contributed by atoms with Gasteiger partial charge in [0.15, 0.2) is 6.10 Å². The summed E-state index contributed by atoms with van der Waals surface area (Å²) in [5, 5.41) is 4.28. The van der Waals surface area contributed by atoms with E-state index in [0.29, 0.717) is 16.9 Å². The van der Waals surface area contributed by atoms with E-state index in [9.17, 15) is 14.4 Å². The number of benzene rings is 3. The molecule has 1 N–H and O–H groups in total. The molecule has 1 heterocycles. The number of carbonyl (C=O) groups excluding carboxylic acids is 2. The second kappa shape index (κ2) is 8.55. The van der Waals surface area contributed by atoms with Gasteiger partial charge >= 0.3 is 5.97 Å². The summed E-state index contributed by atoms with van der Waals surface area (Å²) < 4.78 is 8.55. The molecule has 0 aliphatic carbocycles. The minimum atomic E-state index is -1.09. The van der Waals surface area contributed by atoms with Crippen LogP contribution in [0.5, 0.6) is 0 Å². The van der Waals surface area contributed by atoms with Crippen LogP contribution in [0.3, 0.4) is 0 Å². The lowest BCUT2D eigenvalue weighted by molar-refractivity contribution is -0.123. The Morgan fingerprint density at radius 2 is 1.59 bits per heavy atom. The first-order valence-corrected chi connectivity index (χ1v) is 10.2. The normalized spacial score (nSPS) is 11.8.